The van der Waals surface area contributed by atoms with E-state index in [0.717, 1.165) is 37.2 Å². The summed E-state index contributed by atoms with van der Waals surface area (Å²) in [4.78, 5) is 5.56. The van der Waals surface area contributed by atoms with Gasteiger partial charge in [-0.1, -0.05) is 163 Å². The van der Waals surface area contributed by atoms with Gasteiger partial charge in [-0.05, 0) is 206 Å². The summed E-state index contributed by atoms with van der Waals surface area (Å²) in [6.07, 6.45) is 29.0. The van der Waals surface area contributed by atoms with Crippen molar-refractivity contribution in [3.63, 3.8) is 0 Å². The number of fused-ring (bicyclic) bond motifs is 11. The van der Waals surface area contributed by atoms with E-state index in [0.29, 0.717) is 0 Å². The molecule has 0 saturated heterocycles. The Kier molecular flexibility index (Phi) is 9.83. The number of nitrogens with zero attached hydrogens (tertiary/aromatic N) is 2. The van der Waals surface area contributed by atoms with Gasteiger partial charge < -0.3 is 9.32 Å². The van der Waals surface area contributed by atoms with Crippen molar-refractivity contribution in [2.24, 2.45) is 0 Å². The fourth-order valence-electron chi connectivity index (χ4n) is 16.6. The van der Waals surface area contributed by atoms with Crippen molar-refractivity contribution < 1.29 is 4.42 Å². The minimum absolute atomic E-state index is 0.0000694. The lowest BCUT2D eigenvalue weighted by atomic mass is 9.28. The molecule has 0 bridgehead atoms. The molecule has 2 atom stereocenters. The van der Waals surface area contributed by atoms with Gasteiger partial charge in [0.05, 0.1) is 6.04 Å². The summed E-state index contributed by atoms with van der Waals surface area (Å²) in [5.41, 5.74) is 27.0. The van der Waals surface area contributed by atoms with Gasteiger partial charge >= 0.3 is 0 Å². The minimum Gasteiger partial charge on any atom is -0.440 e. The maximum atomic E-state index is 7.81. The fraction of sp³-hybridized carbons (Fsp3) is 0.465. The summed E-state index contributed by atoms with van der Waals surface area (Å²) in [6, 6.07) is 25.6. The van der Waals surface area contributed by atoms with E-state index in [1.165, 1.54) is 139 Å². The Morgan fingerprint density at radius 1 is 0.560 bits per heavy atom. The molecule has 9 aliphatic rings. The second-order valence-corrected chi connectivity index (χ2v) is 29.4. The van der Waals surface area contributed by atoms with Gasteiger partial charge in [0.15, 0.2) is 5.88 Å². The first kappa shape index (κ1) is 47.9. The van der Waals surface area contributed by atoms with Crippen LogP contribution in [-0.2, 0) is 37.9 Å². The largest absolute Gasteiger partial charge is 0.440 e. The summed E-state index contributed by atoms with van der Waals surface area (Å²) in [5.74, 6) is 1.08. The molecular formula is C71H81BN2O. The highest BCUT2D eigenvalue weighted by Crippen LogP contribution is 2.60. The summed E-state index contributed by atoms with van der Waals surface area (Å²) in [5, 5.41) is 1.30. The Hall–Kier alpha value is -5.48. The molecule has 0 saturated carbocycles. The first-order chi connectivity index (χ1) is 35.4. The molecule has 3 nitrogen and oxygen atoms in total. The lowest BCUT2D eigenvalue weighted by molar-refractivity contribution is 0.332. The zero-order valence-corrected chi connectivity index (χ0v) is 47.9. The Labute approximate surface area is 450 Å². The molecule has 4 heteroatoms. The maximum absolute atomic E-state index is 7.81. The van der Waals surface area contributed by atoms with Gasteiger partial charge in [0, 0.05) is 44.9 Å². The van der Waals surface area contributed by atoms with Crippen LogP contribution >= 0.6 is 0 Å². The van der Waals surface area contributed by atoms with Crippen LogP contribution in [0.4, 0.5) is 22.9 Å². The Morgan fingerprint density at radius 2 is 1.17 bits per heavy atom. The van der Waals surface area contributed by atoms with Gasteiger partial charge in [0.25, 0.3) is 0 Å². The van der Waals surface area contributed by atoms with Crippen molar-refractivity contribution in [1.29, 1.82) is 0 Å². The molecule has 4 aromatic carbocycles. The van der Waals surface area contributed by atoms with Crippen molar-refractivity contribution >= 4 is 57.1 Å². The molecule has 1 unspecified atom stereocenters. The van der Waals surface area contributed by atoms with Crippen LogP contribution in [0.25, 0.3) is 16.5 Å². The highest BCUT2D eigenvalue weighted by atomic mass is 16.4. The van der Waals surface area contributed by atoms with E-state index in [4.69, 9.17) is 4.42 Å². The Morgan fingerprint density at radius 3 is 1.84 bits per heavy atom. The van der Waals surface area contributed by atoms with Gasteiger partial charge in [-0.15, -0.1) is 0 Å². The van der Waals surface area contributed by atoms with Crippen LogP contribution in [0.15, 0.2) is 130 Å². The number of hydrogen-bond donors (Lipinski definition) is 0. The Balaban J connectivity index is 1.14. The van der Waals surface area contributed by atoms with Crippen molar-refractivity contribution in [3.05, 3.63) is 170 Å². The predicted molar refractivity (Wildman–Crippen MR) is 319 cm³/mol. The molecule has 0 N–H and O–H groups in total. The van der Waals surface area contributed by atoms with E-state index in [1.54, 1.807) is 5.57 Å². The maximum Gasteiger partial charge on any atom is 0.231 e. The molecule has 384 valence electrons. The summed E-state index contributed by atoms with van der Waals surface area (Å²) >= 11 is 0. The average molecular weight is 989 g/mol. The quantitative estimate of drug-likeness (QED) is 0.168. The zero-order valence-electron chi connectivity index (χ0n) is 47.9. The van der Waals surface area contributed by atoms with Crippen molar-refractivity contribution in [1.82, 2.24) is 0 Å². The average Bonchev–Trinajstić information content (AvgIpc) is 3.96. The van der Waals surface area contributed by atoms with E-state index in [9.17, 15) is 0 Å². The second-order valence-electron chi connectivity index (χ2n) is 29.4. The SMILES string of the molecule is CC1(C)CCC(C)(C)c2cc(N3C4=CC(C5=CCCC=C5)=C[C@@H]5C4B(c4cc6c(cc4N5c4cccc5c4C4=C(CCC=C4)C5(C)C)C(C)(C)CCC6(C)C)c4c3oc3cc5c(cc43)C(C)(C)CCC5(C)C)ccc21. The van der Waals surface area contributed by atoms with E-state index in [2.05, 4.69) is 210 Å². The van der Waals surface area contributed by atoms with E-state index < -0.39 is 0 Å². The predicted octanol–water partition coefficient (Wildman–Crippen LogP) is 17.6. The van der Waals surface area contributed by atoms with Crippen LogP contribution in [0, 0.1) is 0 Å². The lowest BCUT2D eigenvalue weighted by Crippen LogP contribution is -2.63. The molecule has 75 heavy (non-hydrogen) atoms. The second kappa shape index (κ2) is 15.4. The van der Waals surface area contributed by atoms with Crippen LogP contribution in [0.1, 0.15) is 206 Å². The van der Waals surface area contributed by atoms with Crippen LogP contribution in [0.2, 0.25) is 5.82 Å². The smallest absolute Gasteiger partial charge is 0.231 e. The van der Waals surface area contributed by atoms with Crippen molar-refractivity contribution in [3.8, 4) is 0 Å². The van der Waals surface area contributed by atoms with Crippen LogP contribution < -0.4 is 20.7 Å². The molecule has 0 amide bonds. The van der Waals surface area contributed by atoms with Crippen LogP contribution in [0.5, 0.6) is 0 Å². The monoisotopic (exact) mass is 989 g/mol. The molecule has 1 aromatic heterocycles. The first-order valence-corrected chi connectivity index (χ1v) is 29.3. The summed E-state index contributed by atoms with van der Waals surface area (Å²) in [7, 11) is 0. The molecular weight excluding hydrogens is 908 g/mol. The van der Waals surface area contributed by atoms with Gasteiger partial charge in [0.2, 0.25) is 6.71 Å². The standard InChI is InChI=1S/C71H81BN2O/c1-65(2)29-30-66(3,4)50-37-44(27-28-48(50)65)73-58-35-43(42-21-16-15-17-22-42)36-59-63(58)72(62-46-38-51-54(41-60(46)75-64(62)73)70(11,12)34-31-67(51,5)6)55-39-52-53(69(9,10)33-32-68(52,7)8)40-57(55)74(59)56-26-20-25-49-61(56)45-23-18-19-24-47(45)71(49,13)14/h16,18,20-23,25-28,35-41,59,63H,15,17,19,24,29-34H2,1-14H3/t59-,63?/m1/s1. The van der Waals surface area contributed by atoms with Crippen molar-refractivity contribution in [2.45, 2.75) is 211 Å². The van der Waals surface area contributed by atoms with Gasteiger partial charge in [-0.2, -0.15) is 0 Å². The van der Waals surface area contributed by atoms with Gasteiger partial charge in [0.1, 0.15) is 5.58 Å². The number of furan rings is 1. The topological polar surface area (TPSA) is 19.6 Å². The molecule has 14 rings (SSSR count). The third-order valence-electron chi connectivity index (χ3n) is 21.7. The molecule has 5 aromatic rings. The van der Waals surface area contributed by atoms with E-state index in [1.807, 2.05) is 0 Å². The van der Waals surface area contributed by atoms with Gasteiger partial charge in [-0.25, -0.2) is 0 Å². The van der Waals surface area contributed by atoms with Gasteiger partial charge in [-0.3, -0.25) is 4.90 Å². The molecule has 0 fully saturated rings. The highest BCUT2D eigenvalue weighted by molar-refractivity contribution is 6.91. The lowest BCUT2D eigenvalue weighted by Gasteiger charge is -2.54. The third kappa shape index (κ3) is 6.65. The molecule has 3 heterocycles. The third-order valence-corrected chi connectivity index (χ3v) is 21.7. The number of anilines is 4. The molecule has 2 aliphatic heterocycles. The Bertz CT molecular complexity index is 3560. The number of allylic oxidation sites excluding steroid dienone is 10. The zero-order chi connectivity index (χ0) is 52.3. The van der Waals surface area contributed by atoms with Crippen molar-refractivity contribution in [2.75, 3.05) is 9.80 Å². The first-order valence-electron chi connectivity index (χ1n) is 29.3. The highest BCUT2D eigenvalue weighted by Gasteiger charge is 2.57. The summed E-state index contributed by atoms with van der Waals surface area (Å²) in [6.45, 7) is 34.9. The molecule has 7 aliphatic carbocycles. The molecule has 0 radical (unpaired) electrons. The fourth-order valence-corrected chi connectivity index (χ4v) is 16.6. The van der Waals surface area contributed by atoms with Crippen LogP contribution in [-0.4, -0.2) is 12.8 Å². The number of hydrogen-bond acceptors (Lipinski definition) is 3. The van der Waals surface area contributed by atoms with Crippen LogP contribution in [0.3, 0.4) is 0 Å². The normalized spacial score (nSPS) is 25.9. The minimum atomic E-state index is -0.0483. The van der Waals surface area contributed by atoms with E-state index >= 15 is 0 Å². The number of rotatable bonds is 3. The number of benzene rings is 4. The van der Waals surface area contributed by atoms with E-state index in [-0.39, 0.29) is 56.5 Å². The molecule has 0 spiro atoms. The summed E-state index contributed by atoms with van der Waals surface area (Å²) < 4.78 is 7.81.